The summed E-state index contributed by atoms with van der Waals surface area (Å²) in [5.41, 5.74) is 2.29. The highest BCUT2D eigenvalue weighted by Crippen LogP contribution is 2.29. The van der Waals surface area contributed by atoms with E-state index < -0.39 is 6.09 Å². The Morgan fingerprint density at radius 3 is 2.64 bits per heavy atom. The summed E-state index contributed by atoms with van der Waals surface area (Å²) in [4.78, 5) is 28.4. The number of hydrogen-bond acceptors (Lipinski definition) is 4. The second kappa shape index (κ2) is 7.44. The van der Waals surface area contributed by atoms with Crippen molar-refractivity contribution in [2.45, 2.75) is 13.5 Å². The van der Waals surface area contributed by atoms with E-state index in [4.69, 9.17) is 4.74 Å². The summed E-state index contributed by atoms with van der Waals surface area (Å²) in [5.74, 6) is -0.187. The highest BCUT2D eigenvalue weighted by molar-refractivity contribution is 9.10. The van der Waals surface area contributed by atoms with E-state index in [-0.39, 0.29) is 12.4 Å². The van der Waals surface area contributed by atoms with Gasteiger partial charge in [0.25, 0.3) is 0 Å². The number of hydrogen-bond donors (Lipinski definition) is 1. The molecule has 3 rings (SSSR count). The van der Waals surface area contributed by atoms with Crippen LogP contribution in [0.4, 0.5) is 10.5 Å². The Hall–Kier alpha value is -2.73. The molecule has 0 saturated carbocycles. The van der Waals surface area contributed by atoms with Crippen LogP contribution in [0.15, 0.2) is 59.2 Å². The average Bonchev–Trinajstić information content (AvgIpc) is 2.61. The van der Waals surface area contributed by atoms with Gasteiger partial charge in [-0.2, -0.15) is 0 Å². The minimum Gasteiger partial charge on any atom is -0.444 e. The van der Waals surface area contributed by atoms with E-state index in [1.54, 1.807) is 0 Å². The lowest BCUT2D eigenvalue weighted by Crippen LogP contribution is -2.16. The van der Waals surface area contributed by atoms with Crippen LogP contribution in [0, 0.1) is 0 Å². The minimum absolute atomic E-state index is 0.148. The van der Waals surface area contributed by atoms with Crippen molar-refractivity contribution in [3.8, 4) is 0 Å². The lowest BCUT2D eigenvalue weighted by Gasteiger charge is -2.13. The van der Waals surface area contributed by atoms with Gasteiger partial charge in [-0.3, -0.25) is 15.1 Å². The lowest BCUT2D eigenvalue weighted by molar-refractivity contribution is 0.101. The fourth-order valence-electron chi connectivity index (χ4n) is 2.43. The number of carbonyl (C=O) groups excluding carboxylic acids is 2. The Labute approximate surface area is 153 Å². The van der Waals surface area contributed by atoms with Crippen molar-refractivity contribution < 1.29 is 14.3 Å². The molecule has 25 heavy (non-hydrogen) atoms. The number of ether oxygens (including phenoxy) is 1. The molecule has 126 valence electrons. The Kier molecular flexibility index (Phi) is 5.09. The van der Waals surface area contributed by atoms with Gasteiger partial charge in [0.1, 0.15) is 6.61 Å². The third-order valence-electron chi connectivity index (χ3n) is 3.65. The molecule has 1 heterocycles. The number of amides is 1. The Morgan fingerprint density at radius 2 is 1.92 bits per heavy atom. The van der Waals surface area contributed by atoms with Crippen LogP contribution >= 0.6 is 15.9 Å². The second-order valence-corrected chi connectivity index (χ2v) is 6.37. The van der Waals surface area contributed by atoms with Crippen LogP contribution in [0.5, 0.6) is 0 Å². The number of pyridine rings is 1. The van der Waals surface area contributed by atoms with Crippen molar-refractivity contribution >= 4 is 44.4 Å². The van der Waals surface area contributed by atoms with Gasteiger partial charge >= 0.3 is 6.09 Å². The van der Waals surface area contributed by atoms with Gasteiger partial charge in [0, 0.05) is 16.1 Å². The number of Topliss-reactive ketones (excluding diaryl/α,β-unsaturated/α-hetero) is 1. The van der Waals surface area contributed by atoms with E-state index in [9.17, 15) is 9.59 Å². The molecule has 1 aromatic heterocycles. The molecule has 0 spiro atoms. The normalized spacial score (nSPS) is 10.5. The molecule has 0 radical (unpaired) electrons. The van der Waals surface area contributed by atoms with E-state index in [0.29, 0.717) is 22.2 Å². The highest BCUT2D eigenvalue weighted by Gasteiger charge is 2.16. The first-order valence-corrected chi connectivity index (χ1v) is 8.41. The topological polar surface area (TPSA) is 68.3 Å². The van der Waals surface area contributed by atoms with Gasteiger partial charge < -0.3 is 4.74 Å². The molecule has 2 aromatic carbocycles. The maximum atomic E-state index is 12.2. The van der Waals surface area contributed by atoms with Gasteiger partial charge in [-0.15, -0.1) is 0 Å². The van der Waals surface area contributed by atoms with Gasteiger partial charge in [-0.05, 0) is 30.7 Å². The summed E-state index contributed by atoms with van der Waals surface area (Å²) in [6, 6.07) is 14.8. The highest BCUT2D eigenvalue weighted by atomic mass is 79.9. The third-order valence-corrected chi connectivity index (χ3v) is 4.14. The monoisotopic (exact) mass is 398 g/mol. The molecule has 0 fully saturated rings. The van der Waals surface area contributed by atoms with Crippen molar-refractivity contribution in [1.82, 2.24) is 4.98 Å². The number of benzene rings is 2. The molecule has 0 bridgehead atoms. The number of ketones is 1. The molecule has 0 unspecified atom stereocenters. The number of aromatic nitrogens is 1. The van der Waals surface area contributed by atoms with Crippen molar-refractivity contribution in [3.05, 3.63) is 70.3 Å². The van der Waals surface area contributed by atoms with Crippen molar-refractivity contribution in [1.29, 1.82) is 0 Å². The summed E-state index contributed by atoms with van der Waals surface area (Å²) in [6.07, 6.45) is 0.838. The van der Waals surface area contributed by atoms with Crippen LogP contribution in [0.2, 0.25) is 0 Å². The van der Waals surface area contributed by atoms with Gasteiger partial charge in [-0.25, -0.2) is 4.79 Å². The number of rotatable bonds is 4. The van der Waals surface area contributed by atoms with E-state index >= 15 is 0 Å². The van der Waals surface area contributed by atoms with Crippen molar-refractivity contribution in [3.63, 3.8) is 0 Å². The zero-order chi connectivity index (χ0) is 17.8. The molecule has 0 aliphatic rings. The van der Waals surface area contributed by atoms with Crippen LogP contribution in [0.1, 0.15) is 22.8 Å². The van der Waals surface area contributed by atoms with Crippen molar-refractivity contribution in [2.75, 3.05) is 5.32 Å². The Balaban J connectivity index is 1.88. The maximum absolute atomic E-state index is 12.2. The largest absolute Gasteiger partial charge is 0.444 e. The van der Waals surface area contributed by atoms with Crippen LogP contribution < -0.4 is 5.32 Å². The molecule has 3 aromatic rings. The van der Waals surface area contributed by atoms with E-state index in [0.717, 1.165) is 10.0 Å². The number of nitrogens with zero attached hydrogens (tertiary/aromatic N) is 1. The molecular weight excluding hydrogens is 384 g/mol. The van der Waals surface area contributed by atoms with E-state index in [1.807, 2.05) is 48.5 Å². The molecule has 0 atom stereocenters. The molecule has 1 N–H and O–H groups in total. The smallest absolute Gasteiger partial charge is 0.411 e. The number of halogens is 1. The number of carbonyl (C=O) groups is 2. The van der Waals surface area contributed by atoms with Crippen molar-refractivity contribution in [2.24, 2.45) is 0 Å². The fourth-order valence-corrected chi connectivity index (χ4v) is 2.79. The molecule has 0 saturated heterocycles. The predicted molar refractivity (Wildman–Crippen MR) is 99.7 cm³/mol. The standard InChI is InChI=1S/C19H15BrN2O3/c1-12(23)16-10-21-17-8-7-14(20)9-15(17)18(16)22-19(24)25-11-13-5-3-2-4-6-13/h2-10H,11H2,1H3,(H,21,22,24). The lowest BCUT2D eigenvalue weighted by atomic mass is 10.1. The first-order valence-electron chi connectivity index (χ1n) is 7.61. The summed E-state index contributed by atoms with van der Waals surface area (Å²) in [7, 11) is 0. The van der Waals surface area contributed by atoms with E-state index in [1.165, 1.54) is 13.1 Å². The third kappa shape index (κ3) is 4.03. The SMILES string of the molecule is CC(=O)c1cnc2ccc(Br)cc2c1NC(=O)OCc1ccccc1. The number of anilines is 1. The molecule has 1 amide bonds. The van der Waals surface area contributed by atoms with Gasteiger partial charge in [-0.1, -0.05) is 46.3 Å². The zero-order valence-electron chi connectivity index (χ0n) is 13.5. The average molecular weight is 399 g/mol. The number of fused-ring (bicyclic) bond motifs is 1. The Bertz CT molecular complexity index is 942. The molecule has 6 heteroatoms. The first kappa shape index (κ1) is 17.1. The minimum atomic E-state index is -0.626. The quantitative estimate of drug-likeness (QED) is 0.631. The zero-order valence-corrected chi connectivity index (χ0v) is 15.0. The molecule has 0 aliphatic heterocycles. The van der Waals surface area contributed by atoms with Gasteiger partial charge in [0.2, 0.25) is 0 Å². The fraction of sp³-hybridized carbons (Fsp3) is 0.105. The van der Waals surface area contributed by atoms with Crippen LogP contribution in [0.3, 0.4) is 0 Å². The van der Waals surface area contributed by atoms with E-state index in [2.05, 4.69) is 26.2 Å². The summed E-state index contributed by atoms with van der Waals surface area (Å²) in [6.45, 7) is 1.58. The summed E-state index contributed by atoms with van der Waals surface area (Å²) in [5, 5.41) is 3.36. The molecular formula is C19H15BrN2O3. The van der Waals surface area contributed by atoms with Crippen LogP contribution in [0.25, 0.3) is 10.9 Å². The molecule has 0 aliphatic carbocycles. The summed E-state index contributed by atoms with van der Waals surface area (Å²) < 4.78 is 6.07. The predicted octanol–water partition coefficient (Wildman–Crippen LogP) is 4.95. The second-order valence-electron chi connectivity index (χ2n) is 5.45. The number of nitrogens with one attached hydrogen (secondary N) is 1. The van der Waals surface area contributed by atoms with Gasteiger partial charge in [0.15, 0.2) is 5.78 Å². The van der Waals surface area contributed by atoms with Crippen LogP contribution in [-0.2, 0) is 11.3 Å². The summed E-state index contributed by atoms with van der Waals surface area (Å²) >= 11 is 3.40. The maximum Gasteiger partial charge on any atom is 0.411 e. The Morgan fingerprint density at radius 1 is 1.16 bits per heavy atom. The van der Waals surface area contributed by atoms with Gasteiger partial charge in [0.05, 0.1) is 16.8 Å². The first-order chi connectivity index (χ1) is 12.0. The van der Waals surface area contributed by atoms with Crippen LogP contribution in [-0.4, -0.2) is 16.9 Å². The molecule has 5 nitrogen and oxygen atoms in total.